The number of carbonyl (C=O) groups is 2. The number of Topliss-reactive ketones (excluding diaryl/α,β-unsaturated/α-hetero) is 1. The van der Waals surface area contributed by atoms with Crippen molar-refractivity contribution < 1.29 is 31.1 Å². The fourth-order valence-corrected chi connectivity index (χ4v) is 3.35. The number of rotatable bonds is 5. The molecule has 1 amide bonds. The number of carbonyl (C=O) groups excluding carboxylic acids is 2. The van der Waals surface area contributed by atoms with E-state index in [0.717, 1.165) is 22.3 Å². The minimum Gasteiger partial charge on any atom is -1.00 e. The lowest BCUT2D eigenvalue weighted by molar-refractivity contribution is -0.682. The van der Waals surface area contributed by atoms with Crippen molar-refractivity contribution >= 4 is 17.4 Å². The number of aryl methyl sites for hydroxylation is 3. The van der Waals surface area contributed by atoms with Crippen LogP contribution >= 0.6 is 0 Å². The van der Waals surface area contributed by atoms with Gasteiger partial charge < -0.3 is 22.3 Å². The van der Waals surface area contributed by atoms with Gasteiger partial charge in [-0.25, -0.2) is 0 Å². The molecule has 144 valence electrons. The Morgan fingerprint density at radius 1 is 0.929 bits per heavy atom. The van der Waals surface area contributed by atoms with Gasteiger partial charge in [0.15, 0.2) is 12.4 Å². The second-order valence-electron chi connectivity index (χ2n) is 6.78. The third-order valence-electron chi connectivity index (χ3n) is 4.43. The van der Waals surface area contributed by atoms with Crippen LogP contribution in [0.2, 0.25) is 0 Å². The van der Waals surface area contributed by atoms with Gasteiger partial charge in [0.2, 0.25) is 12.3 Å². The summed E-state index contributed by atoms with van der Waals surface area (Å²) in [6, 6.07) is 16.7. The SMILES string of the molecule is Cc1cc(C)c(C(=O)C[n+]2cccc(NC(=O)c3ccccc3)c2)c(C)c1.[Br-]. The quantitative estimate of drug-likeness (QED) is 0.477. The van der Waals surface area contributed by atoms with Crippen LogP contribution in [0.1, 0.15) is 37.4 Å². The van der Waals surface area contributed by atoms with Crippen LogP contribution in [0.5, 0.6) is 0 Å². The molecule has 1 heterocycles. The summed E-state index contributed by atoms with van der Waals surface area (Å²) in [6.45, 7) is 6.19. The smallest absolute Gasteiger partial charge is 0.255 e. The van der Waals surface area contributed by atoms with Crippen molar-refractivity contribution in [2.75, 3.05) is 5.32 Å². The summed E-state index contributed by atoms with van der Waals surface area (Å²) in [7, 11) is 0. The van der Waals surface area contributed by atoms with E-state index in [1.807, 2.05) is 69.4 Å². The van der Waals surface area contributed by atoms with E-state index < -0.39 is 0 Å². The van der Waals surface area contributed by atoms with Crippen molar-refractivity contribution in [3.8, 4) is 0 Å². The van der Waals surface area contributed by atoms with Crippen LogP contribution in [0.15, 0.2) is 67.0 Å². The highest BCUT2D eigenvalue weighted by atomic mass is 79.9. The summed E-state index contributed by atoms with van der Waals surface area (Å²) in [5.41, 5.74) is 5.15. The van der Waals surface area contributed by atoms with Gasteiger partial charge in [-0.2, -0.15) is 4.57 Å². The lowest BCUT2D eigenvalue weighted by Crippen LogP contribution is -3.00. The molecule has 0 aliphatic carbocycles. The van der Waals surface area contributed by atoms with E-state index in [0.29, 0.717) is 11.3 Å². The van der Waals surface area contributed by atoms with Gasteiger partial charge in [-0.3, -0.25) is 9.59 Å². The highest BCUT2D eigenvalue weighted by Gasteiger charge is 2.18. The maximum atomic E-state index is 12.8. The topological polar surface area (TPSA) is 50.0 Å². The van der Waals surface area contributed by atoms with E-state index in [1.165, 1.54) is 0 Å². The number of hydrogen-bond acceptors (Lipinski definition) is 2. The van der Waals surface area contributed by atoms with Crippen molar-refractivity contribution in [1.29, 1.82) is 0 Å². The molecule has 4 nitrogen and oxygen atoms in total. The lowest BCUT2D eigenvalue weighted by Gasteiger charge is -2.09. The second kappa shape index (κ2) is 9.42. The fourth-order valence-electron chi connectivity index (χ4n) is 3.35. The minimum absolute atomic E-state index is 0. The Morgan fingerprint density at radius 3 is 2.21 bits per heavy atom. The summed E-state index contributed by atoms with van der Waals surface area (Å²) in [5.74, 6) is -0.119. The minimum atomic E-state index is -0.176. The summed E-state index contributed by atoms with van der Waals surface area (Å²) in [4.78, 5) is 25.1. The Kier molecular flexibility index (Phi) is 7.24. The molecular weight excluding hydrogens is 416 g/mol. The van der Waals surface area contributed by atoms with Crippen molar-refractivity contribution in [3.05, 3.63) is 94.8 Å². The maximum absolute atomic E-state index is 12.8. The van der Waals surface area contributed by atoms with E-state index in [2.05, 4.69) is 5.32 Å². The molecule has 28 heavy (non-hydrogen) atoms. The molecule has 0 aliphatic heterocycles. The summed E-state index contributed by atoms with van der Waals surface area (Å²) < 4.78 is 1.79. The van der Waals surface area contributed by atoms with Gasteiger partial charge in [0.1, 0.15) is 5.69 Å². The molecule has 2 aromatic carbocycles. The molecule has 3 rings (SSSR count). The van der Waals surface area contributed by atoms with Gasteiger partial charge in [-0.1, -0.05) is 35.9 Å². The van der Waals surface area contributed by atoms with Crippen LogP contribution < -0.4 is 26.9 Å². The van der Waals surface area contributed by atoms with E-state index >= 15 is 0 Å². The zero-order valence-corrected chi connectivity index (χ0v) is 17.8. The molecule has 1 aromatic heterocycles. The van der Waals surface area contributed by atoms with Gasteiger partial charge in [-0.15, -0.1) is 0 Å². The number of nitrogens with one attached hydrogen (secondary N) is 1. The van der Waals surface area contributed by atoms with E-state index in [4.69, 9.17) is 0 Å². The molecule has 0 radical (unpaired) electrons. The molecule has 0 atom stereocenters. The normalized spacial score (nSPS) is 10.1. The van der Waals surface area contributed by atoms with Crippen LogP contribution in [0.3, 0.4) is 0 Å². The summed E-state index contributed by atoms with van der Waals surface area (Å²) in [5, 5.41) is 2.87. The van der Waals surface area contributed by atoms with Crippen molar-refractivity contribution in [2.45, 2.75) is 27.3 Å². The maximum Gasteiger partial charge on any atom is 0.255 e. The van der Waals surface area contributed by atoms with Gasteiger partial charge in [0.05, 0.1) is 0 Å². The molecular formula is C23H23BrN2O2. The molecule has 0 saturated heterocycles. The number of ketones is 1. The first-order chi connectivity index (χ1) is 12.9. The lowest BCUT2D eigenvalue weighted by atomic mass is 9.96. The van der Waals surface area contributed by atoms with E-state index in [9.17, 15) is 9.59 Å². The predicted molar refractivity (Wildman–Crippen MR) is 106 cm³/mol. The molecule has 1 N–H and O–H groups in total. The molecule has 0 bridgehead atoms. The Labute approximate surface area is 176 Å². The van der Waals surface area contributed by atoms with Crippen molar-refractivity contribution in [2.24, 2.45) is 0 Å². The standard InChI is InChI=1S/C23H22N2O2.BrH/c1-16-12-17(2)22(18(3)13-16)21(26)15-25-11-7-10-20(14-25)24-23(27)19-8-5-4-6-9-19;/h4-14H,15H2,1-3H3;1H. The monoisotopic (exact) mass is 438 g/mol. The van der Waals surface area contributed by atoms with Crippen molar-refractivity contribution in [3.63, 3.8) is 0 Å². The van der Waals surface area contributed by atoms with Gasteiger partial charge in [0, 0.05) is 17.2 Å². The van der Waals surface area contributed by atoms with Crippen LogP contribution in [0.25, 0.3) is 0 Å². The number of benzene rings is 2. The largest absolute Gasteiger partial charge is 1.00 e. The molecule has 0 aliphatic rings. The average molecular weight is 439 g/mol. The predicted octanol–water partition coefficient (Wildman–Crippen LogP) is 1.04. The highest BCUT2D eigenvalue weighted by Crippen LogP contribution is 2.17. The first kappa shape index (κ1) is 21.5. The molecule has 0 unspecified atom stereocenters. The number of pyridine rings is 1. The van der Waals surface area contributed by atoms with Gasteiger partial charge in [0.25, 0.3) is 5.91 Å². The Bertz CT molecular complexity index is 977. The third kappa shape index (κ3) is 5.14. The summed E-state index contributed by atoms with van der Waals surface area (Å²) in [6.07, 6.45) is 3.60. The first-order valence-electron chi connectivity index (χ1n) is 8.90. The number of hydrogen-bond donors (Lipinski definition) is 1. The van der Waals surface area contributed by atoms with Crippen LogP contribution in [0.4, 0.5) is 5.69 Å². The molecule has 5 heteroatoms. The fraction of sp³-hybridized carbons (Fsp3) is 0.174. The molecule has 0 saturated carbocycles. The Balaban J connectivity index is 0.00000280. The number of aromatic nitrogens is 1. The number of anilines is 1. The zero-order chi connectivity index (χ0) is 19.4. The number of amides is 1. The average Bonchev–Trinajstić information content (AvgIpc) is 2.62. The van der Waals surface area contributed by atoms with Crippen LogP contribution in [-0.2, 0) is 6.54 Å². The van der Waals surface area contributed by atoms with E-state index in [1.54, 1.807) is 22.9 Å². The molecule has 3 aromatic rings. The van der Waals surface area contributed by atoms with Crippen LogP contribution in [0, 0.1) is 20.8 Å². The Morgan fingerprint density at radius 2 is 1.57 bits per heavy atom. The van der Waals surface area contributed by atoms with Crippen LogP contribution in [-0.4, -0.2) is 11.7 Å². The number of halogens is 1. The second-order valence-corrected chi connectivity index (χ2v) is 6.78. The zero-order valence-electron chi connectivity index (χ0n) is 16.2. The Hall–Kier alpha value is -2.79. The number of nitrogens with zero attached hydrogens (tertiary/aromatic N) is 1. The van der Waals surface area contributed by atoms with Gasteiger partial charge in [-0.05, 0) is 50.1 Å². The molecule has 0 fully saturated rings. The highest BCUT2D eigenvalue weighted by molar-refractivity contribution is 6.04. The van der Waals surface area contributed by atoms with E-state index in [-0.39, 0.29) is 35.2 Å². The first-order valence-corrected chi connectivity index (χ1v) is 8.90. The van der Waals surface area contributed by atoms with Crippen molar-refractivity contribution in [1.82, 2.24) is 0 Å². The van der Waals surface area contributed by atoms with Gasteiger partial charge >= 0.3 is 0 Å². The summed E-state index contributed by atoms with van der Waals surface area (Å²) >= 11 is 0. The molecule has 0 spiro atoms. The third-order valence-corrected chi connectivity index (χ3v) is 4.43.